The summed E-state index contributed by atoms with van der Waals surface area (Å²) >= 11 is 3.04. The molecule has 2 rings (SSSR count). The zero-order chi connectivity index (χ0) is 10.3. The van der Waals surface area contributed by atoms with Crippen LogP contribution in [0, 0.1) is 0 Å². The van der Waals surface area contributed by atoms with E-state index in [1.807, 2.05) is 29.5 Å². The molecule has 0 unspecified atom stereocenters. The lowest BCUT2D eigenvalue weighted by Gasteiger charge is -2.05. The van der Waals surface area contributed by atoms with Crippen molar-refractivity contribution < 1.29 is 9.59 Å². The number of halogens is 1. The first-order valence-electron chi connectivity index (χ1n) is 4.09. The van der Waals surface area contributed by atoms with E-state index in [-0.39, 0.29) is 10.9 Å². The van der Waals surface area contributed by atoms with Crippen LogP contribution in [0.25, 0.3) is 0 Å². The molecule has 2 aliphatic rings. The zero-order valence-electron chi connectivity index (χ0n) is 7.33. The van der Waals surface area contributed by atoms with E-state index in [1.165, 1.54) is 6.08 Å². The maximum atomic E-state index is 11.6. The minimum Gasteiger partial charge on any atom is -0.289 e. The number of hydrogen-bond acceptors (Lipinski definition) is 4. The van der Waals surface area contributed by atoms with Crippen molar-refractivity contribution in [2.75, 3.05) is 0 Å². The molecule has 0 bridgehead atoms. The molecule has 3 nitrogen and oxygen atoms in total. The molecule has 2 heterocycles. The Kier molecular flexibility index (Phi) is 2.61. The number of hydrogen-bond donors (Lipinski definition) is 0. The fourth-order valence-electron chi connectivity index (χ4n) is 1.40. The standard InChI is InChI=1S/C9H6INO2S/c1-2-4-7-5(12)3-6(10)11-8(7)14-9(4)13/h3H,2H2,1H3. The number of ketones is 1. The van der Waals surface area contributed by atoms with Crippen molar-refractivity contribution in [3.8, 4) is 0 Å². The summed E-state index contributed by atoms with van der Waals surface area (Å²) in [5.41, 5.74) is 1.13. The van der Waals surface area contributed by atoms with E-state index in [1.54, 1.807) is 0 Å². The topological polar surface area (TPSA) is 46.5 Å². The average molecular weight is 319 g/mol. The lowest BCUT2D eigenvalue weighted by molar-refractivity contribution is -0.112. The molecule has 0 aliphatic carbocycles. The van der Waals surface area contributed by atoms with Crippen LogP contribution in [0.15, 0.2) is 25.9 Å². The van der Waals surface area contributed by atoms with Gasteiger partial charge in [0.25, 0.3) is 0 Å². The average Bonchev–Trinajstić information content (AvgIpc) is 2.40. The molecule has 0 amide bonds. The van der Waals surface area contributed by atoms with E-state index in [0.29, 0.717) is 26.3 Å². The Bertz CT molecular complexity index is 434. The van der Waals surface area contributed by atoms with Gasteiger partial charge in [-0.1, -0.05) is 6.92 Å². The SMILES string of the molecule is CCC1=C2C(=O)C=C(I)N=C2SC1=O. The molecule has 0 fully saturated rings. The minimum absolute atomic E-state index is 0.0332. The van der Waals surface area contributed by atoms with Crippen molar-refractivity contribution in [2.24, 2.45) is 4.99 Å². The summed E-state index contributed by atoms with van der Waals surface area (Å²) in [5, 5.41) is 0.540. The second-order valence-corrected chi connectivity index (χ2v) is 4.91. The number of carbonyl (C=O) groups is 2. The van der Waals surface area contributed by atoms with Gasteiger partial charge >= 0.3 is 0 Å². The van der Waals surface area contributed by atoms with E-state index >= 15 is 0 Å². The van der Waals surface area contributed by atoms with Crippen molar-refractivity contribution >= 4 is 50.3 Å². The molecule has 0 aromatic rings. The second kappa shape index (κ2) is 3.62. The van der Waals surface area contributed by atoms with Gasteiger partial charge in [-0.05, 0) is 40.8 Å². The molecule has 5 heteroatoms. The maximum absolute atomic E-state index is 11.6. The second-order valence-electron chi connectivity index (χ2n) is 2.84. The highest BCUT2D eigenvalue weighted by Crippen LogP contribution is 2.36. The number of thioether (sulfide) groups is 1. The Morgan fingerprint density at radius 1 is 1.50 bits per heavy atom. The van der Waals surface area contributed by atoms with Crippen molar-refractivity contribution in [1.29, 1.82) is 0 Å². The van der Waals surface area contributed by atoms with Crippen LogP contribution in [0.3, 0.4) is 0 Å². The third-order valence-electron chi connectivity index (χ3n) is 2.01. The van der Waals surface area contributed by atoms with E-state index in [9.17, 15) is 9.59 Å². The molecular weight excluding hydrogens is 313 g/mol. The van der Waals surface area contributed by atoms with Gasteiger partial charge in [0.15, 0.2) is 5.78 Å². The van der Waals surface area contributed by atoms with Gasteiger partial charge in [-0.3, -0.25) is 9.59 Å². The Morgan fingerprint density at radius 2 is 2.21 bits per heavy atom. The molecule has 0 atom stereocenters. The summed E-state index contributed by atoms with van der Waals surface area (Å²) in [5.74, 6) is -0.0883. The molecule has 0 N–H and O–H groups in total. The summed E-state index contributed by atoms with van der Waals surface area (Å²) in [4.78, 5) is 27.3. The van der Waals surface area contributed by atoms with Crippen LogP contribution in [0.2, 0.25) is 0 Å². The lowest BCUT2D eigenvalue weighted by Crippen LogP contribution is -2.10. The lowest BCUT2D eigenvalue weighted by atomic mass is 10.0. The molecule has 0 saturated carbocycles. The van der Waals surface area contributed by atoms with E-state index in [0.717, 1.165) is 11.8 Å². The summed E-state index contributed by atoms with van der Waals surface area (Å²) in [6.07, 6.45) is 2.06. The third kappa shape index (κ3) is 1.48. The minimum atomic E-state index is -0.0883. The van der Waals surface area contributed by atoms with Crippen molar-refractivity contribution in [1.82, 2.24) is 0 Å². The number of rotatable bonds is 1. The van der Waals surface area contributed by atoms with Crippen LogP contribution in [0.1, 0.15) is 13.3 Å². The molecule has 72 valence electrons. The molecular formula is C9H6INO2S. The quantitative estimate of drug-likeness (QED) is 0.550. The Labute approximate surface area is 98.9 Å². The largest absolute Gasteiger partial charge is 0.289 e. The van der Waals surface area contributed by atoms with Gasteiger partial charge in [-0.2, -0.15) is 0 Å². The molecule has 0 aromatic heterocycles. The van der Waals surface area contributed by atoms with Crippen LogP contribution < -0.4 is 0 Å². The van der Waals surface area contributed by atoms with Crippen LogP contribution in [0.4, 0.5) is 0 Å². The summed E-state index contributed by atoms with van der Waals surface area (Å²) < 4.78 is 0.643. The van der Waals surface area contributed by atoms with Crippen LogP contribution in [0.5, 0.6) is 0 Å². The third-order valence-corrected chi connectivity index (χ3v) is 3.48. The fraction of sp³-hybridized carbons (Fsp3) is 0.222. The fourth-order valence-corrected chi connectivity index (χ4v) is 3.10. The summed E-state index contributed by atoms with van der Waals surface area (Å²) in [6.45, 7) is 1.88. The number of fused-ring (bicyclic) bond motifs is 1. The molecule has 14 heavy (non-hydrogen) atoms. The molecule has 0 aromatic carbocycles. The van der Waals surface area contributed by atoms with Crippen molar-refractivity contribution in [3.05, 3.63) is 20.9 Å². The van der Waals surface area contributed by atoms with Crippen LogP contribution >= 0.6 is 34.4 Å². The zero-order valence-corrected chi connectivity index (χ0v) is 10.3. The summed E-state index contributed by atoms with van der Waals surface area (Å²) in [7, 11) is 0. The van der Waals surface area contributed by atoms with E-state index in [4.69, 9.17) is 0 Å². The molecule has 0 radical (unpaired) electrons. The highest BCUT2D eigenvalue weighted by atomic mass is 127. The number of aliphatic imine (C=N–C) groups is 1. The van der Waals surface area contributed by atoms with Gasteiger partial charge in [0.2, 0.25) is 5.12 Å². The Hall–Kier alpha value is -0.430. The Morgan fingerprint density at radius 3 is 2.86 bits per heavy atom. The Balaban J connectivity index is 2.58. The highest BCUT2D eigenvalue weighted by molar-refractivity contribution is 14.1. The molecule has 0 saturated heterocycles. The van der Waals surface area contributed by atoms with Crippen molar-refractivity contribution in [2.45, 2.75) is 13.3 Å². The van der Waals surface area contributed by atoms with Gasteiger partial charge < -0.3 is 0 Å². The predicted molar refractivity (Wildman–Crippen MR) is 64.5 cm³/mol. The van der Waals surface area contributed by atoms with Gasteiger partial charge in [-0.25, -0.2) is 4.99 Å². The van der Waals surface area contributed by atoms with Gasteiger partial charge in [-0.15, -0.1) is 0 Å². The van der Waals surface area contributed by atoms with Crippen molar-refractivity contribution in [3.63, 3.8) is 0 Å². The van der Waals surface area contributed by atoms with Gasteiger partial charge in [0.1, 0.15) is 8.75 Å². The van der Waals surface area contributed by atoms with Crippen LogP contribution in [-0.2, 0) is 9.59 Å². The van der Waals surface area contributed by atoms with E-state index in [2.05, 4.69) is 4.99 Å². The first-order chi connectivity index (χ1) is 6.63. The molecule has 0 spiro atoms. The number of allylic oxidation sites excluding steroid dienone is 1. The maximum Gasteiger partial charge on any atom is 0.222 e. The van der Waals surface area contributed by atoms with Gasteiger partial charge in [0, 0.05) is 11.6 Å². The number of carbonyl (C=O) groups excluding carboxylic acids is 2. The predicted octanol–water partition coefficient (Wildman–Crippen LogP) is 2.22. The molecule has 2 aliphatic heterocycles. The smallest absolute Gasteiger partial charge is 0.222 e. The normalized spacial score (nSPS) is 21.0. The van der Waals surface area contributed by atoms with E-state index < -0.39 is 0 Å². The number of nitrogens with zero attached hydrogens (tertiary/aromatic N) is 1. The first kappa shape index (κ1) is 10.1. The first-order valence-corrected chi connectivity index (χ1v) is 5.99. The summed E-state index contributed by atoms with van der Waals surface area (Å²) in [6, 6.07) is 0. The highest BCUT2D eigenvalue weighted by Gasteiger charge is 2.34. The van der Waals surface area contributed by atoms with Gasteiger partial charge in [0.05, 0.1) is 5.57 Å². The monoisotopic (exact) mass is 319 g/mol. The van der Waals surface area contributed by atoms with Crippen LogP contribution in [-0.4, -0.2) is 15.9 Å².